The molecule has 0 aliphatic rings. The molecule has 0 saturated heterocycles. The number of aliphatic hydroxyl groups is 1. The van der Waals surface area contributed by atoms with Crippen LogP contribution in [-0.2, 0) is 0 Å². The summed E-state index contributed by atoms with van der Waals surface area (Å²) in [6, 6.07) is 3.80. The maximum absolute atomic E-state index is 9.61. The Morgan fingerprint density at radius 1 is 1.54 bits per heavy atom. The minimum atomic E-state index is -0.390. The van der Waals surface area contributed by atoms with Crippen LogP contribution in [0, 0.1) is 6.92 Å². The number of pyridine rings is 1. The van der Waals surface area contributed by atoms with Crippen LogP contribution in [0.5, 0.6) is 0 Å². The summed E-state index contributed by atoms with van der Waals surface area (Å²) < 4.78 is 0. The first-order chi connectivity index (χ1) is 6.19. The molecule has 0 bridgehead atoms. The van der Waals surface area contributed by atoms with E-state index in [1.807, 2.05) is 33.0 Å². The summed E-state index contributed by atoms with van der Waals surface area (Å²) in [7, 11) is 1.83. The smallest absolute Gasteiger partial charge is 0.125 e. The van der Waals surface area contributed by atoms with E-state index in [0.717, 1.165) is 23.5 Å². The van der Waals surface area contributed by atoms with Gasteiger partial charge in [-0.15, -0.1) is 0 Å². The maximum Gasteiger partial charge on any atom is 0.125 e. The fourth-order valence-corrected chi connectivity index (χ4v) is 1.28. The standard InChI is InChI=1S/C10H16N2O/c1-4-9(13)8-5-6-10(11-3)12-7(8)2/h5-6,9,13H,4H2,1-3H3,(H,11,12)/t9-/m0/s1. The monoisotopic (exact) mass is 180 g/mol. The highest BCUT2D eigenvalue weighted by Gasteiger charge is 2.08. The van der Waals surface area contributed by atoms with Crippen LogP contribution in [0.25, 0.3) is 0 Å². The summed E-state index contributed by atoms with van der Waals surface area (Å²) >= 11 is 0. The minimum absolute atomic E-state index is 0.390. The molecule has 1 rings (SSSR count). The minimum Gasteiger partial charge on any atom is -0.388 e. The predicted molar refractivity (Wildman–Crippen MR) is 53.8 cm³/mol. The van der Waals surface area contributed by atoms with Crippen molar-refractivity contribution in [3.63, 3.8) is 0 Å². The third-order valence-electron chi connectivity index (χ3n) is 2.13. The van der Waals surface area contributed by atoms with Gasteiger partial charge in [-0.1, -0.05) is 13.0 Å². The molecule has 1 aromatic rings. The van der Waals surface area contributed by atoms with Gasteiger partial charge in [-0.05, 0) is 19.4 Å². The Kier molecular flexibility index (Phi) is 3.25. The summed E-state index contributed by atoms with van der Waals surface area (Å²) in [4.78, 5) is 4.29. The van der Waals surface area contributed by atoms with Crippen LogP contribution in [0.1, 0.15) is 30.7 Å². The Labute approximate surface area is 78.8 Å². The van der Waals surface area contributed by atoms with Gasteiger partial charge >= 0.3 is 0 Å². The van der Waals surface area contributed by atoms with Crippen LogP contribution in [0.2, 0.25) is 0 Å². The zero-order chi connectivity index (χ0) is 9.84. The normalized spacial score (nSPS) is 12.6. The van der Waals surface area contributed by atoms with Crippen molar-refractivity contribution in [3.8, 4) is 0 Å². The van der Waals surface area contributed by atoms with Crippen molar-refractivity contribution >= 4 is 5.82 Å². The predicted octanol–water partition coefficient (Wildman–Crippen LogP) is 1.88. The van der Waals surface area contributed by atoms with E-state index in [0.29, 0.717) is 0 Å². The number of rotatable bonds is 3. The number of aromatic nitrogens is 1. The molecular weight excluding hydrogens is 164 g/mol. The maximum atomic E-state index is 9.61. The van der Waals surface area contributed by atoms with Gasteiger partial charge in [0.15, 0.2) is 0 Å². The Balaban J connectivity index is 2.98. The first-order valence-electron chi connectivity index (χ1n) is 4.52. The molecule has 3 heteroatoms. The molecule has 0 spiro atoms. The second kappa shape index (κ2) is 4.23. The van der Waals surface area contributed by atoms with E-state index in [4.69, 9.17) is 0 Å². The highest BCUT2D eigenvalue weighted by Crippen LogP contribution is 2.20. The third-order valence-corrected chi connectivity index (χ3v) is 2.13. The van der Waals surface area contributed by atoms with Crippen LogP contribution in [0.3, 0.4) is 0 Å². The zero-order valence-electron chi connectivity index (χ0n) is 8.33. The molecule has 13 heavy (non-hydrogen) atoms. The van der Waals surface area contributed by atoms with Crippen molar-refractivity contribution in [1.29, 1.82) is 0 Å². The fourth-order valence-electron chi connectivity index (χ4n) is 1.28. The highest BCUT2D eigenvalue weighted by molar-refractivity contribution is 5.38. The first kappa shape index (κ1) is 9.99. The quantitative estimate of drug-likeness (QED) is 0.746. The van der Waals surface area contributed by atoms with Crippen molar-refractivity contribution in [2.45, 2.75) is 26.4 Å². The van der Waals surface area contributed by atoms with Gasteiger partial charge in [-0.3, -0.25) is 0 Å². The van der Waals surface area contributed by atoms with Crippen molar-refractivity contribution in [2.24, 2.45) is 0 Å². The molecule has 0 fully saturated rings. The van der Waals surface area contributed by atoms with Gasteiger partial charge in [0.2, 0.25) is 0 Å². The van der Waals surface area contributed by atoms with Crippen LogP contribution in [0.15, 0.2) is 12.1 Å². The van der Waals surface area contributed by atoms with Crippen molar-refractivity contribution in [1.82, 2.24) is 4.98 Å². The molecule has 0 unspecified atom stereocenters. The molecule has 72 valence electrons. The SMILES string of the molecule is CC[C@H](O)c1ccc(NC)nc1C. The average molecular weight is 180 g/mol. The summed E-state index contributed by atoms with van der Waals surface area (Å²) in [5, 5.41) is 12.6. The highest BCUT2D eigenvalue weighted by atomic mass is 16.3. The number of nitrogens with zero attached hydrogens (tertiary/aromatic N) is 1. The van der Waals surface area contributed by atoms with Crippen molar-refractivity contribution in [3.05, 3.63) is 23.4 Å². The molecule has 0 aromatic carbocycles. The molecule has 1 atom stereocenters. The van der Waals surface area contributed by atoms with E-state index in [9.17, 15) is 5.11 Å². The number of anilines is 1. The van der Waals surface area contributed by atoms with E-state index in [1.165, 1.54) is 0 Å². The second-order valence-corrected chi connectivity index (χ2v) is 3.05. The average Bonchev–Trinajstić information content (AvgIpc) is 2.16. The summed E-state index contributed by atoms with van der Waals surface area (Å²) in [6.45, 7) is 3.87. The van der Waals surface area contributed by atoms with Gasteiger partial charge in [-0.25, -0.2) is 4.98 Å². The summed E-state index contributed by atoms with van der Waals surface area (Å²) in [6.07, 6.45) is 0.333. The third kappa shape index (κ3) is 2.18. The lowest BCUT2D eigenvalue weighted by molar-refractivity contribution is 0.172. The Bertz CT molecular complexity index is 286. The molecule has 0 aliphatic heterocycles. The molecule has 0 saturated carbocycles. The van der Waals surface area contributed by atoms with E-state index in [-0.39, 0.29) is 0 Å². The number of aryl methyl sites for hydroxylation is 1. The molecular formula is C10H16N2O. The fraction of sp³-hybridized carbons (Fsp3) is 0.500. The van der Waals surface area contributed by atoms with E-state index in [2.05, 4.69) is 10.3 Å². The lowest BCUT2D eigenvalue weighted by atomic mass is 10.1. The van der Waals surface area contributed by atoms with Gasteiger partial charge in [0, 0.05) is 18.3 Å². The Morgan fingerprint density at radius 2 is 2.23 bits per heavy atom. The topological polar surface area (TPSA) is 45.1 Å². The molecule has 0 radical (unpaired) electrons. The number of hydrogen-bond donors (Lipinski definition) is 2. The molecule has 0 aliphatic carbocycles. The Morgan fingerprint density at radius 3 is 2.69 bits per heavy atom. The first-order valence-corrected chi connectivity index (χ1v) is 4.52. The van der Waals surface area contributed by atoms with Crippen molar-refractivity contribution < 1.29 is 5.11 Å². The van der Waals surface area contributed by atoms with E-state index in [1.54, 1.807) is 0 Å². The van der Waals surface area contributed by atoms with E-state index < -0.39 is 6.10 Å². The molecule has 3 nitrogen and oxygen atoms in total. The van der Waals surface area contributed by atoms with Gasteiger partial charge in [0.25, 0.3) is 0 Å². The van der Waals surface area contributed by atoms with Gasteiger partial charge in [0.05, 0.1) is 6.10 Å². The van der Waals surface area contributed by atoms with Crippen LogP contribution in [0.4, 0.5) is 5.82 Å². The number of nitrogens with one attached hydrogen (secondary N) is 1. The molecule has 1 aromatic heterocycles. The molecule has 2 N–H and O–H groups in total. The summed E-state index contributed by atoms with van der Waals surface area (Å²) in [5.74, 6) is 0.838. The number of aliphatic hydroxyl groups excluding tert-OH is 1. The lowest BCUT2D eigenvalue weighted by Crippen LogP contribution is -2.02. The van der Waals surface area contributed by atoms with Crippen LogP contribution < -0.4 is 5.32 Å². The van der Waals surface area contributed by atoms with Gasteiger partial charge in [-0.2, -0.15) is 0 Å². The van der Waals surface area contributed by atoms with E-state index >= 15 is 0 Å². The van der Waals surface area contributed by atoms with Gasteiger partial charge < -0.3 is 10.4 Å². The van der Waals surface area contributed by atoms with Crippen molar-refractivity contribution in [2.75, 3.05) is 12.4 Å². The van der Waals surface area contributed by atoms with Crippen LogP contribution in [-0.4, -0.2) is 17.1 Å². The molecule has 0 amide bonds. The second-order valence-electron chi connectivity index (χ2n) is 3.05. The molecule has 1 heterocycles. The van der Waals surface area contributed by atoms with Gasteiger partial charge in [0.1, 0.15) is 5.82 Å². The number of hydrogen-bond acceptors (Lipinski definition) is 3. The summed E-state index contributed by atoms with van der Waals surface area (Å²) in [5.41, 5.74) is 1.81. The van der Waals surface area contributed by atoms with Crippen LogP contribution >= 0.6 is 0 Å². The largest absolute Gasteiger partial charge is 0.388 e. The lowest BCUT2D eigenvalue weighted by Gasteiger charge is -2.11. The Hall–Kier alpha value is -1.09. The zero-order valence-corrected chi connectivity index (χ0v) is 8.33.